The van der Waals surface area contributed by atoms with Gasteiger partial charge in [0.15, 0.2) is 11.5 Å². The second-order valence-corrected chi connectivity index (χ2v) is 5.88. The SMILES string of the molecule is COc1ccc(CCC(=O)NCC(=O)Nc2ccc(C)cc2)cc1OC. The number of hydrogen-bond acceptors (Lipinski definition) is 4. The molecule has 6 nitrogen and oxygen atoms in total. The lowest BCUT2D eigenvalue weighted by molar-refractivity contribution is -0.124. The van der Waals surface area contributed by atoms with Crippen LogP contribution in [0.15, 0.2) is 42.5 Å². The minimum absolute atomic E-state index is 0.0569. The van der Waals surface area contributed by atoms with Crippen molar-refractivity contribution in [2.24, 2.45) is 0 Å². The van der Waals surface area contributed by atoms with Crippen molar-refractivity contribution >= 4 is 17.5 Å². The number of aryl methyl sites for hydroxylation is 2. The van der Waals surface area contributed by atoms with E-state index in [2.05, 4.69) is 10.6 Å². The lowest BCUT2D eigenvalue weighted by atomic mass is 10.1. The zero-order chi connectivity index (χ0) is 18.9. The minimum Gasteiger partial charge on any atom is -0.493 e. The molecule has 2 rings (SSSR count). The fourth-order valence-electron chi connectivity index (χ4n) is 2.40. The Morgan fingerprint density at radius 2 is 1.62 bits per heavy atom. The molecule has 0 aliphatic carbocycles. The maximum Gasteiger partial charge on any atom is 0.243 e. The largest absolute Gasteiger partial charge is 0.493 e. The number of amides is 2. The van der Waals surface area contributed by atoms with Crippen LogP contribution >= 0.6 is 0 Å². The average Bonchev–Trinajstić information content (AvgIpc) is 2.66. The second-order valence-electron chi connectivity index (χ2n) is 5.88. The van der Waals surface area contributed by atoms with Crippen molar-refractivity contribution in [1.82, 2.24) is 5.32 Å². The molecule has 0 unspecified atom stereocenters. The zero-order valence-electron chi connectivity index (χ0n) is 15.3. The van der Waals surface area contributed by atoms with E-state index in [0.717, 1.165) is 11.1 Å². The van der Waals surface area contributed by atoms with E-state index in [9.17, 15) is 9.59 Å². The van der Waals surface area contributed by atoms with Crippen LogP contribution in [0.2, 0.25) is 0 Å². The van der Waals surface area contributed by atoms with Gasteiger partial charge in [-0.3, -0.25) is 9.59 Å². The highest BCUT2D eigenvalue weighted by Crippen LogP contribution is 2.27. The Balaban J connectivity index is 1.76. The van der Waals surface area contributed by atoms with E-state index in [1.807, 2.05) is 43.3 Å². The Morgan fingerprint density at radius 1 is 0.923 bits per heavy atom. The molecule has 0 heterocycles. The lowest BCUT2D eigenvalue weighted by Gasteiger charge is -2.10. The number of nitrogens with one attached hydrogen (secondary N) is 2. The summed E-state index contributed by atoms with van der Waals surface area (Å²) >= 11 is 0. The van der Waals surface area contributed by atoms with Gasteiger partial charge in [0, 0.05) is 12.1 Å². The Morgan fingerprint density at radius 3 is 2.27 bits per heavy atom. The third-order valence-corrected chi connectivity index (χ3v) is 3.87. The van der Waals surface area contributed by atoms with Gasteiger partial charge in [0.2, 0.25) is 11.8 Å². The smallest absolute Gasteiger partial charge is 0.243 e. The molecule has 6 heteroatoms. The van der Waals surface area contributed by atoms with Gasteiger partial charge >= 0.3 is 0 Å². The van der Waals surface area contributed by atoms with Crippen LogP contribution in [0, 0.1) is 6.92 Å². The van der Waals surface area contributed by atoms with E-state index in [1.165, 1.54) is 0 Å². The van der Waals surface area contributed by atoms with Gasteiger partial charge in [-0.25, -0.2) is 0 Å². The minimum atomic E-state index is -0.256. The van der Waals surface area contributed by atoms with Crippen molar-refractivity contribution in [1.29, 1.82) is 0 Å². The number of carbonyl (C=O) groups is 2. The first-order valence-corrected chi connectivity index (χ1v) is 8.36. The number of anilines is 1. The van der Waals surface area contributed by atoms with E-state index in [1.54, 1.807) is 20.3 Å². The van der Waals surface area contributed by atoms with Crippen molar-refractivity contribution in [3.63, 3.8) is 0 Å². The van der Waals surface area contributed by atoms with Crippen LogP contribution in [0.1, 0.15) is 17.5 Å². The molecule has 0 saturated heterocycles. The summed E-state index contributed by atoms with van der Waals surface area (Å²) in [5.74, 6) is 0.837. The van der Waals surface area contributed by atoms with Gasteiger partial charge in [0.1, 0.15) is 0 Å². The first kappa shape index (κ1) is 19.3. The van der Waals surface area contributed by atoms with E-state index in [-0.39, 0.29) is 24.8 Å². The monoisotopic (exact) mass is 356 g/mol. The maximum absolute atomic E-state index is 11.9. The molecule has 138 valence electrons. The Bertz CT molecular complexity index is 757. The third kappa shape index (κ3) is 5.81. The molecular formula is C20H24N2O4. The number of ether oxygens (including phenoxy) is 2. The third-order valence-electron chi connectivity index (χ3n) is 3.87. The summed E-state index contributed by atoms with van der Waals surface area (Å²) in [5.41, 5.74) is 2.79. The van der Waals surface area contributed by atoms with Gasteiger partial charge in [0.05, 0.1) is 20.8 Å². The molecule has 0 aliphatic heterocycles. The average molecular weight is 356 g/mol. The van der Waals surface area contributed by atoms with Crippen molar-refractivity contribution in [3.8, 4) is 11.5 Å². The van der Waals surface area contributed by atoms with Gasteiger partial charge in [-0.2, -0.15) is 0 Å². The molecule has 2 aromatic rings. The lowest BCUT2D eigenvalue weighted by Crippen LogP contribution is -2.32. The van der Waals surface area contributed by atoms with E-state index in [0.29, 0.717) is 23.6 Å². The molecule has 0 aliphatic rings. The first-order valence-electron chi connectivity index (χ1n) is 8.36. The summed E-state index contributed by atoms with van der Waals surface area (Å²) in [6, 6.07) is 13.0. The predicted molar refractivity (Wildman–Crippen MR) is 101 cm³/mol. The van der Waals surface area contributed by atoms with E-state index < -0.39 is 0 Å². The van der Waals surface area contributed by atoms with Gasteiger partial charge in [-0.05, 0) is 43.2 Å². The summed E-state index contributed by atoms with van der Waals surface area (Å²) in [6.45, 7) is 1.92. The highest BCUT2D eigenvalue weighted by Gasteiger charge is 2.09. The molecule has 0 spiro atoms. The Kier molecular flexibility index (Phi) is 7.02. The summed E-state index contributed by atoms with van der Waals surface area (Å²) in [5, 5.41) is 5.37. The molecule has 0 radical (unpaired) electrons. The standard InChI is InChI=1S/C20H24N2O4/c1-14-4-8-16(9-5-14)22-20(24)13-21-19(23)11-7-15-6-10-17(25-2)18(12-15)26-3/h4-6,8-10,12H,7,11,13H2,1-3H3,(H,21,23)(H,22,24). The molecule has 2 N–H and O–H groups in total. The van der Waals surface area contributed by atoms with Crippen LogP contribution in [-0.2, 0) is 16.0 Å². The van der Waals surface area contributed by atoms with Gasteiger partial charge in [-0.1, -0.05) is 23.8 Å². The zero-order valence-corrected chi connectivity index (χ0v) is 15.3. The molecule has 2 amide bonds. The summed E-state index contributed by atoms with van der Waals surface area (Å²) in [4.78, 5) is 23.8. The normalized spacial score (nSPS) is 10.1. The second kappa shape index (κ2) is 9.46. The van der Waals surface area contributed by atoms with Gasteiger partial charge in [-0.15, -0.1) is 0 Å². The predicted octanol–water partition coefficient (Wildman–Crippen LogP) is 2.70. The molecule has 0 bridgehead atoms. The topological polar surface area (TPSA) is 76.7 Å². The molecule has 26 heavy (non-hydrogen) atoms. The van der Waals surface area contributed by atoms with Crippen LogP contribution in [0.4, 0.5) is 5.69 Å². The molecule has 0 aromatic heterocycles. The van der Waals surface area contributed by atoms with Crippen LogP contribution in [0.25, 0.3) is 0 Å². The quantitative estimate of drug-likeness (QED) is 0.762. The fraction of sp³-hybridized carbons (Fsp3) is 0.300. The van der Waals surface area contributed by atoms with Crippen LogP contribution in [0.5, 0.6) is 11.5 Å². The highest BCUT2D eigenvalue weighted by molar-refractivity contribution is 5.94. The van der Waals surface area contributed by atoms with Crippen molar-refractivity contribution in [2.75, 3.05) is 26.1 Å². The first-order chi connectivity index (χ1) is 12.5. The van der Waals surface area contributed by atoms with Crippen molar-refractivity contribution in [3.05, 3.63) is 53.6 Å². The molecule has 2 aromatic carbocycles. The summed E-state index contributed by atoms with van der Waals surface area (Å²) in [6.07, 6.45) is 0.832. The van der Waals surface area contributed by atoms with Crippen LogP contribution in [-0.4, -0.2) is 32.6 Å². The molecule has 0 atom stereocenters. The number of methoxy groups -OCH3 is 2. The van der Waals surface area contributed by atoms with E-state index >= 15 is 0 Å². The Labute approximate surface area is 153 Å². The van der Waals surface area contributed by atoms with Crippen molar-refractivity contribution in [2.45, 2.75) is 19.8 Å². The molecule has 0 saturated carbocycles. The van der Waals surface area contributed by atoms with Gasteiger partial charge < -0.3 is 20.1 Å². The molecule has 0 fully saturated rings. The summed E-state index contributed by atoms with van der Waals surface area (Å²) in [7, 11) is 3.15. The van der Waals surface area contributed by atoms with E-state index in [4.69, 9.17) is 9.47 Å². The number of carbonyl (C=O) groups excluding carboxylic acids is 2. The number of hydrogen-bond donors (Lipinski definition) is 2. The highest BCUT2D eigenvalue weighted by atomic mass is 16.5. The maximum atomic E-state index is 11.9. The fourth-order valence-corrected chi connectivity index (χ4v) is 2.40. The van der Waals surface area contributed by atoms with Crippen molar-refractivity contribution < 1.29 is 19.1 Å². The summed E-state index contributed by atoms with van der Waals surface area (Å²) < 4.78 is 10.4. The Hall–Kier alpha value is -3.02. The number of rotatable bonds is 8. The number of benzene rings is 2. The van der Waals surface area contributed by atoms with Gasteiger partial charge in [0.25, 0.3) is 0 Å². The molecular weight excluding hydrogens is 332 g/mol. The van der Waals surface area contributed by atoms with Crippen LogP contribution in [0.3, 0.4) is 0 Å². The van der Waals surface area contributed by atoms with Crippen LogP contribution < -0.4 is 20.1 Å².